The van der Waals surface area contributed by atoms with Gasteiger partial charge in [-0.15, -0.1) is 0 Å². The summed E-state index contributed by atoms with van der Waals surface area (Å²) in [7, 11) is -9.40. The third-order valence-electron chi connectivity index (χ3n) is 2.97. The maximum atomic E-state index is 10.5. The number of aromatic hydroxyl groups is 2. The molecule has 0 aliphatic heterocycles. The Morgan fingerprint density at radius 2 is 0.769 bits per heavy atom. The SMILES string of the molecule is O.O.O.O.O=C(O)c1cc(S(=O)(=O)[O-])ccc1O.O=C(O)c1cc(S(=O)(=O)[O-])ccc1O.[Ni+2].[OH3+].[OH3+].[OH3+].[OH3+].[OH3+].[OH3+]. The molecule has 240 valence electrons. The molecular formula is C14H36NiO22S2+6. The maximum Gasteiger partial charge on any atom is 2.00 e. The van der Waals surface area contributed by atoms with Crippen molar-refractivity contribution in [2.75, 3.05) is 0 Å². The van der Waals surface area contributed by atoms with Crippen LogP contribution < -0.4 is 0 Å². The van der Waals surface area contributed by atoms with Crippen LogP contribution in [0.4, 0.5) is 0 Å². The molecule has 39 heavy (non-hydrogen) atoms. The molecule has 0 spiro atoms. The monoisotopic (exact) mass is 678 g/mol. The molecule has 0 heterocycles. The zero-order valence-corrected chi connectivity index (χ0v) is 21.7. The molecule has 0 bridgehead atoms. The summed E-state index contributed by atoms with van der Waals surface area (Å²) < 4.78 is 62.9. The van der Waals surface area contributed by atoms with Crippen molar-refractivity contribution in [3.05, 3.63) is 47.5 Å². The van der Waals surface area contributed by atoms with Crippen LogP contribution in [0.5, 0.6) is 11.5 Å². The summed E-state index contributed by atoms with van der Waals surface area (Å²) >= 11 is 0. The van der Waals surface area contributed by atoms with Gasteiger partial charge in [0.15, 0.2) is 0 Å². The molecule has 0 amide bonds. The van der Waals surface area contributed by atoms with E-state index in [0.29, 0.717) is 12.1 Å². The molecule has 0 aliphatic rings. The Balaban J connectivity index is -0.0000000348. The average molecular weight is 679 g/mol. The van der Waals surface area contributed by atoms with Crippen LogP contribution in [0.25, 0.3) is 0 Å². The van der Waals surface area contributed by atoms with Gasteiger partial charge in [-0.2, -0.15) is 0 Å². The normalized spacial score (nSPS) is 8.05. The van der Waals surface area contributed by atoms with Crippen molar-refractivity contribution in [2.24, 2.45) is 0 Å². The van der Waals surface area contributed by atoms with Crippen LogP contribution in [-0.4, -0.2) is 80.2 Å². The molecule has 25 heteroatoms. The second-order valence-corrected chi connectivity index (χ2v) is 7.64. The molecule has 0 saturated carbocycles. The van der Waals surface area contributed by atoms with Crippen molar-refractivity contribution < 1.29 is 127 Å². The van der Waals surface area contributed by atoms with Crippen LogP contribution in [0, 0.1) is 0 Å². The Hall–Kier alpha value is -3.11. The molecule has 0 aliphatic carbocycles. The van der Waals surface area contributed by atoms with Gasteiger partial charge in [-0.25, -0.2) is 26.4 Å². The van der Waals surface area contributed by atoms with E-state index in [-0.39, 0.29) is 71.3 Å². The second-order valence-electron chi connectivity index (χ2n) is 4.88. The Labute approximate surface area is 228 Å². The first-order chi connectivity index (χ1) is 12.6. The third-order valence-corrected chi connectivity index (χ3v) is 4.64. The van der Waals surface area contributed by atoms with E-state index in [0.717, 1.165) is 24.3 Å². The van der Waals surface area contributed by atoms with Crippen LogP contribution in [-0.2, 0) is 69.6 Å². The van der Waals surface area contributed by atoms with Crippen LogP contribution >= 0.6 is 0 Å². The standard InChI is InChI=1S/2C7H6O6S.Ni.10H2O/c2*8-6-2-1-4(14(11,12)13)3-5(6)7(9)10;;;;;;;;;;;/h2*1-3,8H,(H,9,10)(H,11,12,13);;10*1H2/q;;+2;;;;;;;;;;/p+4. The number of rotatable bonds is 4. The van der Waals surface area contributed by atoms with Gasteiger partial charge >= 0.3 is 28.4 Å². The molecule has 0 radical (unpaired) electrons. The molecule has 2 rings (SSSR count). The maximum absolute atomic E-state index is 10.5. The number of carboxylic acids is 2. The predicted molar refractivity (Wildman–Crippen MR) is 130 cm³/mol. The molecule has 22 nitrogen and oxygen atoms in total. The van der Waals surface area contributed by atoms with Gasteiger partial charge in [0.05, 0.1) is 9.79 Å². The van der Waals surface area contributed by atoms with Gasteiger partial charge in [0, 0.05) is 0 Å². The van der Waals surface area contributed by atoms with Crippen molar-refractivity contribution in [3.63, 3.8) is 0 Å². The van der Waals surface area contributed by atoms with Crippen molar-refractivity contribution in [3.8, 4) is 11.5 Å². The Morgan fingerprint density at radius 1 is 0.564 bits per heavy atom. The number of hydrogen-bond acceptors (Lipinski definition) is 10. The number of hydrogen-bond donors (Lipinski definition) is 4. The van der Waals surface area contributed by atoms with Crippen LogP contribution in [0.2, 0.25) is 0 Å². The first-order valence-electron chi connectivity index (χ1n) is 6.69. The molecule has 0 fully saturated rings. The van der Waals surface area contributed by atoms with E-state index in [4.69, 9.17) is 20.4 Å². The van der Waals surface area contributed by atoms with Crippen LogP contribution in [0.15, 0.2) is 46.2 Å². The minimum absolute atomic E-state index is 0. The fourth-order valence-electron chi connectivity index (χ4n) is 1.68. The van der Waals surface area contributed by atoms with Crippen molar-refractivity contribution in [1.29, 1.82) is 0 Å². The van der Waals surface area contributed by atoms with E-state index < -0.39 is 64.6 Å². The van der Waals surface area contributed by atoms with E-state index in [1.165, 1.54) is 0 Å². The van der Waals surface area contributed by atoms with Gasteiger partial charge in [0.25, 0.3) is 0 Å². The fraction of sp³-hybridized carbons (Fsp3) is 0. The fourth-order valence-corrected chi connectivity index (χ4v) is 2.68. The van der Waals surface area contributed by atoms with E-state index in [1.54, 1.807) is 0 Å². The van der Waals surface area contributed by atoms with Gasteiger partial charge in [-0.05, 0) is 36.4 Å². The third kappa shape index (κ3) is 20.5. The number of benzene rings is 2. The molecule has 30 N–H and O–H groups in total. The van der Waals surface area contributed by atoms with E-state index >= 15 is 0 Å². The zero-order chi connectivity index (χ0) is 21.9. The van der Waals surface area contributed by atoms with E-state index in [1.807, 2.05) is 0 Å². The van der Waals surface area contributed by atoms with Crippen molar-refractivity contribution in [2.45, 2.75) is 9.79 Å². The summed E-state index contributed by atoms with van der Waals surface area (Å²) in [5.74, 6) is -4.20. The van der Waals surface area contributed by atoms with Gasteiger partial charge in [-0.1, -0.05) is 0 Å². The summed E-state index contributed by atoms with van der Waals surface area (Å²) in [6.45, 7) is 0. The largest absolute Gasteiger partial charge is 2.00 e. The molecule has 0 saturated heterocycles. The van der Waals surface area contributed by atoms with Gasteiger partial charge < -0.3 is 84.3 Å². The minimum Gasteiger partial charge on any atom is -0.744 e. The molecule has 2 aromatic rings. The van der Waals surface area contributed by atoms with Crippen LogP contribution in [0.1, 0.15) is 20.7 Å². The summed E-state index contributed by atoms with van der Waals surface area (Å²) in [5, 5.41) is 35.0. The molecule has 0 atom stereocenters. The second kappa shape index (κ2) is 26.5. The van der Waals surface area contributed by atoms with Crippen molar-refractivity contribution in [1.82, 2.24) is 0 Å². The molecule has 0 unspecified atom stereocenters. The number of carbonyl (C=O) groups is 2. The molecule has 2 aromatic carbocycles. The Morgan fingerprint density at radius 3 is 0.923 bits per heavy atom. The van der Waals surface area contributed by atoms with E-state index in [9.17, 15) is 35.5 Å². The summed E-state index contributed by atoms with van der Waals surface area (Å²) in [5.41, 5.74) is -1.25. The number of carboxylic acid groups (broad SMARTS) is 2. The average Bonchev–Trinajstić information content (AvgIpc) is 2.53. The Bertz CT molecular complexity index is 1060. The number of aromatic carboxylic acids is 2. The first-order valence-corrected chi connectivity index (χ1v) is 9.50. The summed E-state index contributed by atoms with van der Waals surface area (Å²) in [6, 6.07) is 4.58. The smallest absolute Gasteiger partial charge is 0.744 e. The number of phenols is 2. The molecule has 0 aromatic heterocycles. The Kier molecular flexibility index (Phi) is 47.9. The topological polar surface area (TPSA) is 553 Å². The van der Waals surface area contributed by atoms with Gasteiger partial charge in [-0.3, -0.25) is 0 Å². The van der Waals surface area contributed by atoms with E-state index in [2.05, 4.69) is 0 Å². The van der Waals surface area contributed by atoms with Crippen molar-refractivity contribution >= 4 is 32.2 Å². The van der Waals surface area contributed by atoms with Crippen LogP contribution in [0.3, 0.4) is 0 Å². The first kappa shape index (κ1) is 70.5. The van der Waals surface area contributed by atoms with Gasteiger partial charge in [0.1, 0.15) is 42.9 Å². The quantitative estimate of drug-likeness (QED) is 0.133. The zero-order valence-electron chi connectivity index (χ0n) is 19.1. The summed E-state index contributed by atoms with van der Waals surface area (Å²) in [4.78, 5) is 19.5. The minimum atomic E-state index is -4.70. The van der Waals surface area contributed by atoms with Gasteiger partial charge in [0.2, 0.25) is 0 Å². The molecular weight excluding hydrogens is 643 g/mol. The predicted octanol–water partition coefficient (Wildman–Crippen LogP) is -8.84. The summed E-state index contributed by atoms with van der Waals surface area (Å²) in [6.07, 6.45) is 0.